The number of halogens is 3. The lowest BCUT2D eigenvalue weighted by Gasteiger charge is -2.16. The molecule has 2 aromatic carbocycles. The molecule has 1 unspecified atom stereocenters. The topological polar surface area (TPSA) is 12.0 Å². The maximum Gasteiger partial charge on any atom is 0.128 e. The lowest BCUT2D eigenvalue weighted by molar-refractivity contribution is 0.577. The van der Waals surface area contributed by atoms with E-state index in [9.17, 15) is 8.78 Å². The average molecular weight is 312 g/mol. The minimum Gasteiger partial charge on any atom is -0.378 e. The molecular weight excluding hydrogens is 300 g/mol. The van der Waals surface area contributed by atoms with Crippen LogP contribution >= 0.6 is 15.9 Å². The fraction of sp³-hybridized carbons (Fsp3) is 0.143. The van der Waals surface area contributed by atoms with Crippen molar-refractivity contribution in [2.75, 3.05) is 5.32 Å². The van der Waals surface area contributed by atoms with Gasteiger partial charge in [0.1, 0.15) is 11.6 Å². The smallest absolute Gasteiger partial charge is 0.128 e. The molecule has 0 heterocycles. The fourth-order valence-corrected chi connectivity index (χ4v) is 1.98. The van der Waals surface area contributed by atoms with Crippen molar-refractivity contribution in [3.8, 4) is 0 Å². The summed E-state index contributed by atoms with van der Waals surface area (Å²) in [5, 5.41) is 3.13. The predicted molar refractivity (Wildman–Crippen MR) is 72.5 cm³/mol. The van der Waals surface area contributed by atoms with Gasteiger partial charge >= 0.3 is 0 Å². The van der Waals surface area contributed by atoms with E-state index >= 15 is 0 Å². The third-order valence-electron chi connectivity index (χ3n) is 2.65. The maximum absolute atomic E-state index is 13.6. The largest absolute Gasteiger partial charge is 0.378 e. The highest BCUT2D eigenvalue weighted by molar-refractivity contribution is 9.10. The molecule has 0 aliphatic heterocycles. The Balaban J connectivity index is 2.18. The summed E-state index contributed by atoms with van der Waals surface area (Å²) >= 11 is 3.34. The molecule has 0 saturated heterocycles. The molecule has 18 heavy (non-hydrogen) atoms. The first-order valence-corrected chi connectivity index (χ1v) is 6.32. The molecule has 0 spiro atoms. The van der Waals surface area contributed by atoms with Gasteiger partial charge in [-0.1, -0.05) is 15.9 Å². The highest BCUT2D eigenvalue weighted by Gasteiger charge is 2.11. The Morgan fingerprint density at radius 1 is 1.06 bits per heavy atom. The second kappa shape index (κ2) is 5.48. The van der Waals surface area contributed by atoms with Gasteiger partial charge in [0, 0.05) is 15.7 Å². The van der Waals surface area contributed by atoms with E-state index in [1.807, 2.05) is 24.3 Å². The van der Waals surface area contributed by atoms with Crippen LogP contribution in [0.3, 0.4) is 0 Å². The number of nitrogens with one attached hydrogen (secondary N) is 1. The van der Waals surface area contributed by atoms with Gasteiger partial charge in [-0.2, -0.15) is 0 Å². The number of hydrogen-bond donors (Lipinski definition) is 1. The number of rotatable bonds is 3. The molecule has 0 aromatic heterocycles. The van der Waals surface area contributed by atoms with Crippen molar-refractivity contribution in [3.05, 3.63) is 64.1 Å². The molecule has 94 valence electrons. The normalized spacial score (nSPS) is 12.2. The van der Waals surface area contributed by atoms with Gasteiger partial charge in [-0.25, -0.2) is 8.78 Å². The Kier molecular flexibility index (Phi) is 3.97. The van der Waals surface area contributed by atoms with Crippen molar-refractivity contribution in [1.82, 2.24) is 0 Å². The molecule has 0 aliphatic rings. The van der Waals surface area contributed by atoms with Crippen LogP contribution in [0.25, 0.3) is 0 Å². The van der Waals surface area contributed by atoms with E-state index in [-0.39, 0.29) is 6.04 Å². The van der Waals surface area contributed by atoms with Crippen LogP contribution in [0.2, 0.25) is 0 Å². The lowest BCUT2D eigenvalue weighted by atomic mass is 10.1. The minimum atomic E-state index is -0.434. The van der Waals surface area contributed by atoms with E-state index in [1.165, 1.54) is 6.07 Å². The molecule has 0 aliphatic carbocycles. The first kappa shape index (κ1) is 13.0. The summed E-state index contributed by atoms with van der Waals surface area (Å²) in [6.07, 6.45) is 0. The van der Waals surface area contributed by atoms with Crippen LogP contribution < -0.4 is 5.32 Å². The standard InChI is InChI=1S/C14H12BrF2N/c1-9(13-8-11(16)4-7-14(13)17)18-12-5-2-10(15)3-6-12/h2-9,18H,1H3. The van der Waals surface area contributed by atoms with E-state index in [0.29, 0.717) is 5.56 Å². The Labute approximate surface area is 113 Å². The van der Waals surface area contributed by atoms with Crippen LogP contribution in [0.15, 0.2) is 46.9 Å². The predicted octanol–water partition coefficient (Wildman–Crippen LogP) is 4.90. The van der Waals surface area contributed by atoms with Crippen LogP contribution in [0.4, 0.5) is 14.5 Å². The molecular formula is C14H12BrF2N. The molecule has 1 nitrogen and oxygen atoms in total. The van der Waals surface area contributed by atoms with Crippen LogP contribution in [0, 0.1) is 11.6 Å². The number of hydrogen-bond acceptors (Lipinski definition) is 1. The van der Waals surface area contributed by atoms with E-state index in [2.05, 4.69) is 21.2 Å². The SMILES string of the molecule is CC(Nc1ccc(Br)cc1)c1cc(F)ccc1F. The Morgan fingerprint density at radius 2 is 1.72 bits per heavy atom. The van der Waals surface area contributed by atoms with Gasteiger partial charge in [0.05, 0.1) is 6.04 Å². The number of anilines is 1. The van der Waals surface area contributed by atoms with E-state index < -0.39 is 11.6 Å². The maximum atomic E-state index is 13.6. The summed E-state index contributed by atoms with van der Waals surface area (Å²) in [5.74, 6) is -0.843. The first-order chi connectivity index (χ1) is 8.56. The quantitative estimate of drug-likeness (QED) is 0.850. The molecule has 1 N–H and O–H groups in total. The first-order valence-electron chi connectivity index (χ1n) is 5.53. The van der Waals surface area contributed by atoms with Crippen molar-refractivity contribution in [2.45, 2.75) is 13.0 Å². The minimum absolute atomic E-state index is 0.304. The Hall–Kier alpha value is -1.42. The molecule has 4 heteroatoms. The molecule has 0 radical (unpaired) electrons. The molecule has 0 fully saturated rings. The fourth-order valence-electron chi connectivity index (χ4n) is 1.72. The molecule has 2 rings (SSSR count). The van der Waals surface area contributed by atoms with Crippen molar-refractivity contribution in [2.24, 2.45) is 0 Å². The van der Waals surface area contributed by atoms with Gasteiger partial charge in [-0.15, -0.1) is 0 Å². The van der Waals surface area contributed by atoms with E-state index in [1.54, 1.807) is 6.92 Å². The zero-order valence-electron chi connectivity index (χ0n) is 9.75. The second-order valence-electron chi connectivity index (χ2n) is 4.04. The highest BCUT2D eigenvalue weighted by atomic mass is 79.9. The molecule has 0 saturated carbocycles. The zero-order chi connectivity index (χ0) is 13.1. The van der Waals surface area contributed by atoms with Gasteiger partial charge in [0.15, 0.2) is 0 Å². The summed E-state index contributed by atoms with van der Waals surface area (Å²) < 4.78 is 27.6. The molecule has 0 bridgehead atoms. The summed E-state index contributed by atoms with van der Waals surface area (Å²) in [6, 6.07) is 10.7. The van der Waals surface area contributed by atoms with Crippen molar-refractivity contribution in [1.29, 1.82) is 0 Å². The summed E-state index contributed by atoms with van der Waals surface area (Å²) in [4.78, 5) is 0. The van der Waals surface area contributed by atoms with E-state index in [4.69, 9.17) is 0 Å². The van der Waals surface area contributed by atoms with Crippen LogP contribution in [0.5, 0.6) is 0 Å². The van der Waals surface area contributed by atoms with Crippen molar-refractivity contribution >= 4 is 21.6 Å². The third kappa shape index (κ3) is 3.07. The zero-order valence-corrected chi connectivity index (χ0v) is 11.3. The van der Waals surface area contributed by atoms with Crippen LogP contribution in [-0.2, 0) is 0 Å². The van der Waals surface area contributed by atoms with Crippen molar-refractivity contribution in [3.63, 3.8) is 0 Å². The van der Waals surface area contributed by atoms with Crippen molar-refractivity contribution < 1.29 is 8.78 Å². The van der Waals surface area contributed by atoms with Gasteiger partial charge in [-0.3, -0.25) is 0 Å². The molecule has 2 aromatic rings. The number of benzene rings is 2. The molecule has 0 amide bonds. The Bertz CT molecular complexity index is 540. The van der Waals surface area contributed by atoms with Crippen LogP contribution in [0.1, 0.15) is 18.5 Å². The Morgan fingerprint density at radius 3 is 2.39 bits per heavy atom. The van der Waals surface area contributed by atoms with Gasteiger partial charge in [-0.05, 0) is 49.4 Å². The second-order valence-corrected chi connectivity index (χ2v) is 4.95. The monoisotopic (exact) mass is 311 g/mol. The van der Waals surface area contributed by atoms with Crippen LogP contribution in [-0.4, -0.2) is 0 Å². The third-order valence-corrected chi connectivity index (χ3v) is 3.18. The van der Waals surface area contributed by atoms with Gasteiger partial charge in [0.25, 0.3) is 0 Å². The lowest BCUT2D eigenvalue weighted by Crippen LogP contribution is -2.08. The average Bonchev–Trinajstić information content (AvgIpc) is 2.35. The van der Waals surface area contributed by atoms with Gasteiger partial charge in [0.2, 0.25) is 0 Å². The molecule has 1 atom stereocenters. The highest BCUT2D eigenvalue weighted by Crippen LogP contribution is 2.23. The van der Waals surface area contributed by atoms with E-state index in [0.717, 1.165) is 22.3 Å². The summed E-state index contributed by atoms with van der Waals surface area (Å²) in [5.41, 5.74) is 1.17. The van der Waals surface area contributed by atoms with Gasteiger partial charge < -0.3 is 5.32 Å². The summed E-state index contributed by atoms with van der Waals surface area (Å²) in [6.45, 7) is 1.79. The summed E-state index contributed by atoms with van der Waals surface area (Å²) in [7, 11) is 0.